The molecule has 1 aliphatic rings. The van der Waals surface area contributed by atoms with Crippen LogP contribution in [0.4, 0.5) is 11.6 Å². The molecule has 1 atom stereocenters. The smallest absolute Gasteiger partial charge is 0.252 e. The molecule has 1 unspecified atom stereocenters. The van der Waals surface area contributed by atoms with Crippen molar-refractivity contribution in [2.45, 2.75) is 11.8 Å². The second-order valence-electron chi connectivity index (χ2n) is 8.96. The Morgan fingerprint density at radius 3 is 2.70 bits per heavy atom. The van der Waals surface area contributed by atoms with Crippen LogP contribution in [0.15, 0.2) is 77.4 Å². The fourth-order valence-electron chi connectivity index (χ4n) is 4.45. The number of thioether (sulfide) groups is 1. The largest absolute Gasteiger partial charge is 0.324 e. The molecule has 0 aliphatic carbocycles. The average Bonchev–Trinajstić information content (AvgIpc) is 3.40. The van der Waals surface area contributed by atoms with Gasteiger partial charge < -0.3 is 10.2 Å². The summed E-state index contributed by atoms with van der Waals surface area (Å²) in [5.41, 5.74) is 6.32. The quantitative estimate of drug-likeness (QED) is 0.336. The third-order valence-corrected chi connectivity index (χ3v) is 8.49. The van der Waals surface area contributed by atoms with Crippen LogP contribution in [0.1, 0.15) is 15.7 Å². The number of benzene rings is 1. The first-order valence-electron chi connectivity index (χ1n) is 12.0. The number of rotatable bonds is 6. The van der Waals surface area contributed by atoms with Gasteiger partial charge >= 0.3 is 0 Å². The maximum Gasteiger partial charge on any atom is 0.252 e. The number of nitrogens with one attached hydrogen (secondary N) is 1. The van der Waals surface area contributed by atoms with Gasteiger partial charge in [0.05, 0.1) is 22.6 Å². The molecule has 0 spiro atoms. The van der Waals surface area contributed by atoms with Crippen LogP contribution < -0.4 is 10.9 Å². The normalized spacial score (nSPS) is 16.2. The molecule has 10 heteroatoms. The summed E-state index contributed by atoms with van der Waals surface area (Å²) in [6.07, 6.45) is 5.24. The highest BCUT2D eigenvalue weighted by molar-refractivity contribution is 7.99. The van der Waals surface area contributed by atoms with E-state index in [-0.39, 0.29) is 5.56 Å². The molecule has 186 valence electrons. The van der Waals surface area contributed by atoms with Gasteiger partial charge in [-0.1, -0.05) is 12.1 Å². The zero-order valence-electron chi connectivity index (χ0n) is 20.2. The van der Waals surface area contributed by atoms with Gasteiger partial charge in [0.15, 0.2) is 0 Å². The molecule has 37 heavy (non-hydrogen) atoms. The van der Waals surface area contributed by atoms with E-state index in [0.717, 1.165) is 46.1 Å². The number of hydrogen-bond acceptors (Lipinski definition) is 9. The summed E-state index contributed by atoms with van der Waals surface area (Å²) in [6.45, 7) is 2.57. The molecule has 5 heterocycles. The van der Waals surface area contributed by atoms with Crippen molar-refractivity contribution in [3.63, 3.8) is 0 Å². The zero-order valence-corrected chi connectivity index (χ0v) is 21.9. The van der Waals surface area contributed by atoms with Crippen LogP contribution in [0.25, 0.3) is 22.3 Å². The second kappa shape index (κ2) is 10.4. The average molecular weight is 528 g/mol. The predicted molar refractivity (Wildman–Crippen MR) is 151 cm³/mol. The standard InChI is InChI=1S/C27H25N7OS2/c1-33-12-13-36-22(15-33)18-2-5-21(6-3-18)31-27-29-14-20-4-7-24(35)34(26(20)32-27)16-23-25(30-17-37-23)19-8-10-28-11-9-19/h2-11,14,17,22H,12-13,15-16H2,1H3,(H,29,31,32). The van der Waals surface area contributed by atoms with Crippen LogP contribution in [-0.4, -0.2) is 55.3 Å². The molecule has 4 aromatic heterocycles. The lowest BCUT2D eigenvalue weighted by atomic mass is 10.1. The van der Waals surface area contributed by atoms with E-state index in [0.29, 0.717) is 23.4 Å². The van der Waals surface area contributed by atoms with Crippen LogP contribution in [0.3, 0.4) is 0 Å². The van der Waals surface area contributed by atoms with Crippen LogP contribution in [0, 0.1) is 0 Å². The molecule has 0 bridgehead atoms. The van der Waals surface area contributed by atoms with Crippen molar-refractivity contribution in [3.8, 4) is 11.3 Å². The van der Waals surface area contributed by atoms with Gasteiger partial charge in [-0.05, 0) is 42.9 Å². The van der Waals surface area contributed by atoms with Crippen molar-refractivity contribution in [1.29, 1.82) is 0 Å². The number of nitrogens with zero attached hydrogens (tertiary/aromatic N) is 6. The van der Waals surface area contributed by atoms with E-state index < -0.39 is 0 Å². The Balaban J connectivity index is 1.28. The van der Waals surface area contributed by atoms with Gasteiger partial charge in [0, 0.05) is 65.4 Å². The Kier molecular flexibility index (Phi) is 6.69. The number of thiazole rings is 1. The molecule has 5 aromatic rings. The van der Waals surface area contributed by atoms with Gasteiger partial charge in [0.1, 0.15) is 5.65 Å². The zero-order chi connectivity index (χ0) is 25.2. The van der Waals surface area contributed by atoms with Crippen LogP contribution >= 0.6 is 23.1 Å². The molecule has 1 N–H and O–H groups in total. The molecule has 0 saturated carbocycles. The predicted octanol–water partition coefficient (Wildman–Crippen LogP) is 4.82. The highest BCUT2D eigenvalue weighted by Gasteiger charge is 2.19. The first-order valence-corrected chi connectivity index (χ1v) is 13.9. The summed E-state index contributed by atoms with van der Waals surface area (Å²) < 4.78 is 1.68. The first-order chi connectivity index (χ1) is 18.1. The molecule has 1 aromatic carbocycles. The van der Waals surface area contributed by atoms with Crippen molar-refractivity contribution in [2.24, 2.45) is 0 Å². The molecule has 8 nitrogen and oxygen atoms in total. The van der Waals surface area contributed by atoms with E-state index in [1.54, 1.807) is 40.8 Å². The van der Waals surface area contributed by atoms with E-state index in [1.807, 2.05) is 23.9 Å². The van der Waals surface area contributed by atoms with E-state index >= 15 is 0 Å². The summed E-state index contributed by atoms with van der Waals surface area (Å²) in [5.74, 6) is 1.60. The number of fused-ring (bicyclic) bond motifs is 1. The minimum absolute atomic E-state index is 0.120. The SMILES string of the molecule is CN1CCSC(c2ccc(Nc3ncc4ccc(=O)n(Cc5scnc5-c5ccncc5)c4n3)cc2)C1. The van der Waals surface area contributed by atoms with Gasteiger partial charge in [-0.15, -0.1) is 11.3 Å². The Bertz CT molecular complexity index is 1580. The fraction of sp³-hybridized carbons (Fsp3) is 0.222. The van der Waals surface area contributed by atoms with Gasteiger partial charge in [-0.25, -0.2) is 9.97 Å². The summed E-state index contributed by atoms with van der Waals surface area (Å²) >= 11 is 3.53. The van der Waals surface area contributed by atoms with Crippen molar-refractivity contribution in [1.82, 2.24) is 29.4 Å². The third-order valence-electron chi connectivity index (χ3n) is 6.43. The molecular formula is C27H25N7OS2. The fourth-order valence-corrected chi connectivity index (χ4v) is 6.63. The molecule has 6 rings (SSSR count). The van der Waals surface area contributed by atoms with Crippen molar-refractivity contribution in [2.75, 3.05) is 31.2 Å². The summed E-state index contributed by atoms with van der Waals surface area (Å²) in [5, 5.41) is 4.60. The number of hydrogen-bond donors (Lipinski definition) is 1. The van der Waals surface area contributed by atoms with Crippen molar-refractivity contribution < 1.29 is 0 Å². The van der Waals surface area contributed by atoms with E-state index in [9.17, 15) is 4.79 Å². The lowest BCUT2D eigenvalue weighted by Crippen LogP contribution is -2.30. The number of aromatic nitrogens is 5. The molecule has 0 amide bonds. The Morgan fingerprint density at radius 2 is 1.89 bits per heavy atom. The summed E-state index contributed by atoms with van der Waals surface area (Å²) in [7, 11) is 2.17. The Morgan fingerprint density at radius 1 is 1.05 bits per heavy atom. The molecule has 1 fully saturated rings. The van der Waals surface area contributed by atoms with Crippen molar-refractivity contribution >= 4 is 45.8 Å². The molecule has 1 aliphatic heterocycles. The van der Waals surface area contributed by atoms with Crippen LogP contribution in [0.5, 0.6) is 0 Å². The van der Waals surface area contributed by atoms with Gasteiger partial charge in [0.2, 0.25) is 5.95 Å². The van der Waals surface area contributed by atoms with E-state index in [4.69, 9.17) is 4.98 Å². The highest BCUT2D eigenvalue weighted by atomic mass is 32.2. The first kappa shape index (κ1) is 23.8. The minimum atomic E-state index is -0.120. The van der Waals surface area contributed by atoms with Gasteiger partial charge in [-0.3, -0.25) is 14.3 Å². The minimum Gasteiger partial charge on any atom is -0.324 e. The van der Waals surface area contributed by atoms with Crippen LogP contribution in [0.2, 0.25) is 0 Å². The highest BCUT2D eigenvalue weighted by Crippen LogP contribution is 2.33. The van der Waals surface area contributed by atoms with Gasteiger partial charge in [-0.2, -0.15) is 16.7 Å². The Labute approximate surface area is 222 Å². The number of anilines is 2. The number of pyridine rings is 2. The second-order valence-corrected chi connectivity index (χ2v) is 11.2. The maximum atomic E-state index is 12.9. The maximum absolute atomic E-state index is 12.9. The van der Waals surface area contributed by atoms with Gasteiger partial charge in [0.25, 0.3) is 5.56 Å². The number of likely N-dealkylation sites (N-methyl/N-ethyl adjacent to an activating group) is 1. The van der Waals surface area contributed by atoms with Crippen molar-refractivity contribution in [3.05, 3.63) is 93.4 Å². The summed E-state index contributed by atoms with van der Waals surface area (Å²) in [6, 6.07) is 15.6. The Hall–Kier alpha value is -3.60. The monoisotopic (exact) mass is 527 g/mol. The molecular weight excluding hydrogens is 502 g/mol. The summed E-state index contributed by atoms with van der Waals surface area (Å²) in [4.78, 5) is 34.2. The van der Waals surface area contributed by atoms with E-state index in [1.165, 1.54) is 16.9 Å². The molecule has 0 radical (unpaired) electrons. The topological polar surface area (TPSA) is 88.8 Å². The van der Waals surface area contributed by atoms with E-state index in [2.05, 4.69) is 56.5 Å². The lowest BCUT2D eigenvalue weighted by molar-refractivity contribution is 0.347. The lowest BCUT2D eigenvalue weighted by Gasteiger charge is -2.29. The third kappa shape index (κ3) is 5.13. The van der Waals surface area contributed by atoms with Crippen LogP contribution in [-0.2, 0) is 6.54 Å². The molecule has 1 saturated heterocycles.